The van der Waals surface area contributed by atoms with E-state index >= 15 is 0 Å². The number of carboxylic acids is 1. The number of hydrogen-bond donors (Lipinski definition) is 2. The van der Waals surface area contributed by atoms with Crippen LogP contribution in [-0.4, -0.2) is 22.2 Å². The zero-order chi connectivity index (χ0) is 15.2. The van der Waals surface area contributed by atoms with Crippen LogP contribution in [0.15, 0.2) is 30.5 Å². The van der Waals surface area contributed by atoms with Crippen molar-refractivity contribution >= 4 is 23.0 Å². The van der Waals surface area contributed by atoms with Crippen molar-refractivity contribution in [1.29, 1.82) is 0 Å². The zero-order valence-corrected chi connectivity index (χ0v) is 12.8. The summed E-state index contributed by atoms with van der Waals surface area (Å²) < 4.78 is 5.64. The summed E-state index contributed by atoms with van der Waals surface area (Å²) in [4.78, 5) is 16.8. The molecule has 112 valence electrons. The van der Waals surface area contributed by atoms with Gasteiger partial charge in [0, 0.05) is 22.5 Å². The number of anilines is 1. The Hall–Kier alpha value is -2.08. The molecule has 0 unspecified atom stereocenters. The summed E-state index contributed by atoms with van der Waals surface area (Å²) in [6.07, 6.45) is 1.82. The number of thiophene rings is 1. The third-order valence-corrected chi connectivity index (χ3v) is 3.70. The SMILES string of the molecule is CC(C)Oc1ncccc1NCc1ccc(CC(=O)O)s1. The number of carbonyl (C=O) groups is 1. The van der Waals surface area contributed by atoms with Crippen molar-refractivity contribution in [1.82, 2.24) is 4.98 Å². The van der Waals surface area contributed by atoms with Crippen LogP contribution in [0, 0.1) is 0 Å². The number of carboxylic acid groups (broad SMARTS) is 1. The van der Waals surface area contributed by atoms with E-state index in [1.807, 2.05) is 38.1 Å². The van der Waals surface area contributed by atoms with Gasteiger partial charge in [0.25, 0.3) is 0 Å². The van der Waals surface area contributed by atoms with Crippen LogP contribution in [0.5, 0.6) is 5.88 Å². The predicted octanol–water partition coefficient (Wildman–Crippen LogP) is 3.17. The van der Waals surface area contributed by atoms with Gasteiger partial charge in [0.15, 0.2) is 0 Å². The van der Waals surface area contributed by atoms with Crippen molar-refractivity contribution in [3.63, 3.8) is 0 Å². The Bertz CT molecular complexity index is 610. The average Bonchev–Trinajstić information content (AvgIpc) is 2.84. The largest absolute Gasteiger partial charge is 0.481 e. The lowest BCUT2D eigenvalue weighted by atomic mass is 10.3. The molecule has 0 bridgehead atoms. The lowest BCUT2D eigenvalue weighted by molar-refractivity contribution is -0.136. The Morgan fingerprint density at radius 1 is 1.38 bits per heavy atom. The fraction of sp³-hybridized carbons (Fsp3) is 0.333. The summed E-state index contributed by atoms with van der Waals surface area (Å²) in [5.74, 6) is -0.231. The Morgan fingerprint density at radius 2 is 2.14 bits per heavy atom. The average molecular weight is 306 g/mol. The van der Waals surface area contributed by atoms with Crippen LogP contribution < -0.4 is 10.1 Å². The van der Waals surface area contributed by atoms with Crippen LogP contribution in [-0.2, 0) is 17.8 Å². The molecule has 21 heavy (non-hydrogen) atoms. The lowest BCUT2D eigenvalue weighted by Gasteiger charge is -2.13. The van der Waals surface area contributed by atoms with E-state index in [0.29, 0.717) is 12.4 Å². The number of nitrogens with zero attached hydrogens (tertiary/aromatic N) is 1. The van der Waals surface area contributed by atoms with Crippen molar-refractivity contribution < 1.29 is 14.6 Å². The van der Waals surface area contributed by atoms with Gasteiger partial charge >= 0.3 is 5.97 Å². The maximum Gasteiger partial charge on any atom is 0.308 e. The van der Waals surface area contributed by atoms with Crippen molar-refractivity contribution in [2.75, 3.05) is 5.32 Å². The van der Waals surface area contributed by atoms with Crippen molar-refractivity contribution in [2.24, 2.45) is 0 Å². The Morgan fingerprint density at radius 3 is 2.86 bits per heavy atom. The summed E-state index contributed by atoms with van der Waals surface area (Å²) in [5, 5.41) is 12.0. The maximum absolute atomic E-state index is 10.7. The lowest BCUT2D eigenvalue weighted by Crippen LogP contribution is -2.09. The van der Waals surface area contributed by atoms with Crippen LogP contribution >= 0.6 is 11.3 Å². The summed E-state index contributed by atoms with van der Waals surface area (Å²) in [6, 6.07) is 7.55. The molecule has 0 aliphatic carbocycles. The van der Waals surface area contributed by atoms with E-state index in [0.717, 1.165) is 15.4 Å². The zero-order valence-electron chi connectivity index (χ0n) is 12.0. The van der Waals surface area contributed by atoms with Gasteiger partial charge in [-0.15, -0.1) is 11.3 Å². The number of ether oxygens (including phenoxy) is 1. The Kier molecular flexibility index (Phi) is 5.16. The molecule has 5 nitrogen and oxygen atoms in total. The van der Waals surface area contributed by atoms with E-state index in [2.05, 4.69) is 10.3 Å². The van der Waals surface area contributed by atoms with E-state index in [1.165, 1.54) is 11.3 Å². The molecule has 0 atom stereocenters. The van der Waals surface area contributed by atoms with Gasteiger partial charge in [0.1, 0.15) is 0 Å². The molecule has 0 aliphatic heterocycles. The third-order valence-electron chi connectivity index (χ3n) is 2.61. The molecule has 6 heteroatoms. The molecular weight excluding hydrogens is 288 g/mol. The van der Waals surface area contributed by atoms with E-state index in [-0.39, 0.29) is 12.5 Å². The fourth-order valence-corrected chi connectivity index (χ4v) is 2.74. The number of hydrogen-bond acceptors (Lipinski definition) is 5. The van der Waals surface area contributed by atoms with Crippen molar-refractivity contribution in [3.05, 3.63) is 40.2 Å². The number of aromatic nitrogens is 1. The quantitative estimate of drug-likeness (QED) is 0.822. The molecule has 0 amide bonds. The highest BCUT2D eigenvalue weighted by Crippen LogP contribution is 2.24. The monoisotopic (exact) mass is 306 g/mol. The normalized spacial score (nSPS) is 10.6. The van der Waals surface area contributed by atoms with E-state index in [4.69, 9.17) is 9.84 Å². The predicted molar refractivity (Wildman–Crippen MR) is 83.0 cm³/mol. The minimum absolute atomic E-state index is 0.0596. The first kappa shape index (κ1) is 15.3. The highest BCUT2D eigenvalue weighted by Gasteiger charge is 2.08. The molecule has 2 heterocycles. The Labute approximate surface area is 127 Å². The Balaban J connectivity index is 1.99. The molecule has 0 saturated carbocycles. The van der Waals surface area contributed by atoms with Crippen LogP contribution in [0.25, 0.3) is 0 Å². The highest BCUT2D eigenvalue weighted by atomic mass is 32.1. The molecule has 0 saturated heterocycles. The number of nitrogens with one attached hydrogen (secondary N) is 1. The summed E-state index contributed by atoms with van der Waals surface area (Å²) >= 11 is 1.50. The minimum Gasteiger partial charge on any atom is -0.481 e. The van der Waals surface area contributed by atoms with Crippen LogP contribution in [0.1, 0.15) is 23.6 Å². The van der Waals surface area contributed by atoms with Crippen LogP contribution in [0.4, 0.5) is 5.69 Å². The second kappa shape index (κ2) is 7.08. The second-order valence-electron chi connectivity index (χ2n) is 4.81. The van der Waals surface area contributed by atoms with Gasteiger partial charge in [-0.3, -0.25) is 4.79 Å². The maximum atomic E-state index is 10.7. The smallest absolute Gasteiger partial charge is 0.308 e. The van der Waals surface area contributed by atoms with Crippen LogP contribution in [0.2, 0.25) is 0 Å². The molecule has 0 fully saturated rings. The minimum atomic E-state index is -0.809. The molecule has 0 spiro atoms. The van der Waals surface area contributed by atoms with Gasteiger partial charge in [0.2, 0.25) is 5.88 Å². The molecule has 2 aromatic rings. The third kappa shape index (κ3) is 4.75. The van der Waals surface area contributed by atoms with Gasteiger partial charge in [-0.1, -0.05) is 0 Å². The van der Waals surface area contributed by atoms with Gasteiger partial charge < -0.3 is 15.2 Å². The van der Waals surface area contributed by atoms with Crippen molar-refractivity contribution in [2.45, 2.75) is 32.9 Å². The summed E-state index contributed by atoms with van der Waals surface area (Å²) in [6.45, 7) is 4.52. The summed E-state index contributed by atoms with van der Waals surface area (Å²) in [5.41, 5.74) is 0.833. The van der Waals surface area contributed by atoms with E-state index < -0.39 is 5.97 Å². The first-order chi connectivity index (χ1) is 10.0. The van der Waals surface area contributed by atoms with E-state index in [9.17, 15) is 4.79 Å². The van der Waals surface area contributed by atoms with E-state index in [1.54, 1.807) is 6.20 Å². The van der Waals surface area contributed by atoms with Crippen LogP contribution in [0.3, 0.4) is 0 Å². The first-order valence-electron chi connectivity index (χ1n) is 6.69. The standard InChI is InChI=1S/C15H18N2O3S/c1-10(2)20-15-13(4-3-7-16-15)17-9-12-6-5-11(21-12)8-14(18)19/h3-7,10,17H,8-9H2,1-2H3,(H,18,19). The second-order valence-corrected chi connectivity index (χ2v) is 6.07. The molecular formula is C15H18N2O3S. The molecule has 0 aliphatic rings. The number of rotatable bonds is 7. The fourth-order valence-electron chi connectivity index (χ4n) is 1.79. The van der Waals surface area contributed by atoms with Gasteiger partial charge in [0.05, 0.1) is 18.2 Å². The topological polar surface area (TPSA) is 71.5 Å². The number of pyridine rings is 1. The molecule has 0 aromatic carbocycles. The molecule has 2 rings (SSSR count). The van der Waals surface area contributed by atoms with Gasteiger partial charge in [-0.05, 0) is 38.1 Å². The first-order valence-corrected chi connectivity index (χ1v) is 7.51. The number of aliphatic carboxylic acids is 1. The molecule has 2 aromatic heterocycles. The van der Waals surface area contributed by atoms with Gasteiger partial charge in [-0.25, -0.2) is 4.98 Å². The highest BCUT2D eigenvalue weighted by molar-refractivity contribution is 7.12. The van der Waals surface area contributed by atoms with Gasteiger partial charge in [-0.2, -0.15) is 0 Å². The summed E-state index contributed by atoms with van der Waals surface area (Å²) in [7, 11) is 0. The van der Waals surface area contributed by atoms with Crippen molar-refractivity contribution in [3.8, 4) is 5.88 Å². The molecule has 2 N–H and O–H groups in total. The molecule has 0 radical (unpaired) electrons.